The summed E-state index contributed by atoms with van der Waals surface area (Å²) in [5.41, 5.74) is 1.04. The van der Waals surface area contributed by atoms with Crippen LogP contribution in [0, 0.1) is 24.6 Å². The van der Waals surface area contributed by atoms with Crippen LogP contribution in [0.25, 0.3) is 0 Å². The second-order valence-corrected chi connectivity index (χ2v) is 7.08. The Labute approximate surface area is 141 Å². The summed E-state index contributed by atoms with van der Waals surface area (Å²) in [7, 11) is 1.94. The van der Waals surface area contributed by atoms with E-state index in [1.165, 1.54) is 6.07 Å². The van der Waals surface area contributed by atoms with E-state index in [-0.39, 0.29) is 24.2 Å². The molecule has 130 valence electrons. The Hall–Kier alpha value is -1.95. The van der Waals surface area contributed by atoms with Crippen LogP contribution in [0.1, 0.15) is 24.8 Å². The Morgan fingerprint density at radius 2 is 2.12 bits per heavy atom. The third-order valence-electron chi connectivity index (χ3n) is 5.30. The Morgan fingerprint density at radius 3 is 2.88 bits per heavy atom. The van der Waals surface area contributed by atoms with E-state index in [4.69, 9.17) is 0 Å². The first kappa shape index (κ1) is 16.9. The number of anilines is 1. The fourth-order valence-corrected chi connectivity index (χ4v) is 3.82. The van der Waals surface area contributed by atoms with E-state index in [2.05, 4.69) is 10.6 Å². The van der Waals surface area contributed by atoms with Crippen molar-refractivity contribution in [2.24, 2.45) is 11.8 Å². The van der Waals surface area contributed by atoms with Crippen molar-refractivity contribution in [1.82, 2.24) is 10.2 Å². The fraction of sp³-hybridized carbons (Fsp3) is 0.556. The molecule has 1 saturated heterocycles. The summed E-state index contributed by atoms with van der Waals surface area (Å²) in [6, 6.07) is 5.01. The van der Waals surface area contributed by atoms with Gasteiger partial charge in [-0.25, -0.2) is 4.39 Å². The minimum atomic E-state index is -0.321. The summed E-state index contributed by atoms with van der Waals surface area (Å²) >= 11 is 0. The number of fused-ring (bicyclic) bond motifs is 1. The van der Waals surface area contributed by atoms with E-state index in [1.807, 2.05) is 11.9 Å². The molecule has 2 amide bonds. The smallest absolute Gasteiger partial charge is 0.238 e. The van der Waals surface area contributed by atoms with Gasteiger partial charge < -0.3 is 10.6 Å². The lowest BCUT2D eigenvalue weighted by Gasteiger charge is -2.24. The van der Waals surface area contributed by atoms with Crippen LogP contribution in [0.4, 0.5) is 10.1 Å². The normalized spacial score (nSPS) is 26.2. The van der Waals surface area contributed by atoms with E-state index in [0.717, 1.165) is 19.4 Å². The molecule has 2 N–H and O–H groups in total. The molecule has 3 atom stereocenters. The first-order valence-corrected chi connectivity index (χ1v) is 8.45. The Bertz CT molecular complexity index is 649. The number of nitrogens with one attached hydrogen (secondary N) is 2. The number of aryl methyl sites for hydroxylation is 1. The van der Waals surface area contributed by atoms with Gasteiger partial charge in [0.05, 0.1) is 6.54 Å². The third kappa shape index (κ3) is 3.75. The quantitative estimate of drug-likeness (QED) is 0.885. The highest BCUT2D eigenvalue weighted by Gasteiger charge is 2.39. The van der Waals surface area contributed by atoms with Gasteiger partial charge in [-0.3, -0.25) is 14.5 Å². The number of hydrogen-bond donors (Lipinski definition) is 2. The Morgan fingerprint density at radius 1 is 1.38 bits per heavy atom. The number of halogens is 1. The van der Waals surface area contributed by atoms with Crippen molar-refractivity contribution >= 4 is 17.5 Å². The van der Waals surface area contributed by atoms with Gasteiger partial charge in [0.1, 0.15) is 5.82 Å². The molecule has 1 aliphatic carbocycles. The van der Waals surface area contributed by atoms with Crippen molar-refractivity contribution in [2.45, 2.75) is 32.2 Å². The second kappa shape index (κ2) is 6.89. The van der Waals surface area contributed by atoms with Crippen LogP contribution >= 0.6 is 0 Å². The zero-order chi connectivity index (χ0) is 17.3. The lowest BCUT2D eigenvalue weighted by molar-refractivity contribution is -0.124. The van der Waals surface area contributed by atoms with Crippen molar-refractivity contribution < 1.29 is 14.0 Å². The standard InChI is InChI=1S/C18H24FN3O2/c1-11-3-4-14(8-16(11)19)21-18(24)10-22(2)15-5-12-7-17(23)20-9-13(12)6-15/h3-4,8,12-13,15H,5-7,9-10H2,1-2H3,(H,20,23)(H,21,24)/t12-,13+,15-/m1/s1. The molecule has 1 aromatic rings. The number of likely N-dealkylation sites (N-methyl/N-ethyl adjacent to an activating group) is 1. The zero-order valence-corrected chi connectivity index (χ0v) is 14.1. The highest BCUT2D eigenvalue weighted by atomic mass is 19.1. The van der Waals surface area contributed by atoms with E-state index in [1.54, 1.807) is 19.1 Å². The summed E-state index contributed by atoms with van der Waals surface area (Å²) in [6.45, 7) is 2.71. The van der Waals surface area contributed by atoms with Crippen molar-refractivity contribution in [2.75, 3.05) is 25.5 Å². The van der Waals surface area contributed by atoms with Crippen molar-refractivity contribution in [3.63, 3.8) is 0 Å². The van der Waals surface area contributed by atoms with Crippen LogP contribution in [0.3, 0.4) is 0 Å². The molecule has 1 aromatic carbocycles. The highest BCUT2D eigenvalue weighted by Crippen LogP contribution is 2.38. The summed E-state index contributed by atoms with van der Waals surface area (Å²) < 4.78 is 13.5. The minimum absolute atomic E-state index is 0.138. The number of rotatable bonds is 4. The molecule has 0 unspecified atom stereocenters. The number of carbonyl (C=O) groups is 2. The van der Waals surface area contributed by atoms with E-state index < -0.39 is 0 Å². The van der Waals surface area contributed by atoms with Crippen LogP contribution in [0.15, 0.2) is 18.2 Å². The summed E-state index contributed by atoms with van der Waals surface area (Å²) in [4.78, 5) is 25.7. The third-order valence-corrected chi connectivity index (χ3v) is 5.30. The number of nitrogens with zero attached hydrogens (tertiary/aromatic N) is 1. The fourth-order valence-electron chi connectivity index (χ4n) is 3.82. The lowest BCUT2D eigenvalue weighted by Crippen LogP contribution is -2.38. The first-order valence-electron chi connectivity index (χ1n) is 8.45. The van der Waals surface area contributed by atoms with Gasteiger partial charge in [0.2, 0.25) is 11.8 Å². The highest BCUT2D eigenvalue weighted by molar-refractivity contribution is 5.92. The molecule has 6 heteroatoms. The molecule has 0 spiro atoms. The Balaban J connectivity index is 1.53. The average Bonchev–Trinajstić information content (AvgIpc) is 2.94. The van der Waals surface area contributed by atoms with Crippen molar-refractivity contribution in [1.29, 1.82) is 0 Å². The summed E-state index contributed by atoms with van der Waals surface area (Å²) in [6.07, 6.45) is 2.57. The zero-order valence-electron chi connectivity index (χ0n) is 14.1. The maximum atomic E-state index is 13.5. The number of benzene rings is 1. The predicted octanol–water partition coefficient (Wildman–Crippen LogP) is 1.92. The molecule has 0 radical (unpaired) electrons. The van der Waals surface area contributed by atoms with Crippen LogP contribution in [-0.4, -0.2) is 42.9 Å². The van der Waals surface area contributed by atoms with Gasteiger partial charge >= 0.3 is 0 Å². The van der Waals surface area contributed by atoms with Gasteiger partial charge in [-0.15, -0.1) is 0 Å². The first-order chi connectivity index (χ1) is 11.4. The van der Waals surface area contributed by atoms with Crippen molar-refractivity contribution in [3.05, 3.63) is 29.6 Å². The minimum Gasteiger partial charge on any atom is -0.356 e. The van der Waals surface area contributed by atoms with Gasteiger partial charge in [-0.05, 0) is 56.3 Å². The van der Waals surface area contributed by atoms with Crippen molar-refractivity contribution in [3.8, 4) is 0 Å². The van der Waals surface area contributed by atoms with Crippen LogP contribution < -0.4 is 10.6 Å². The second-order valence-electron chi connectivity index (χ2n) is 7.08. The van der Waals surface area contributed by atoms with Gasteiger partial charge in [-0.1, -0.05) is 6.07 Å². The number of piperidine rings is 1. The molecule has 0 aromatic heterocycles. The van der Waals surface area contributed by atoms with E-state index in [0.29, 0.717) is 35.5 Å². The SMILES string of the molecule is Cc1ccc(NC(=O)CN(C)[C@H]2C[C@H]3CNC(=O)C[C@H]3C2)cc1F. The maximum absolute atomic E-state index is 13.5. The molecule has 1 heterocycles. The molecule has 1 aliphatic heterocycles. The predicted molar refractivity (Wildman–Crippen MR) is 90.0 cm³/mol. The summed E-state index contributed by atoms with van der Waals surface area (Å²) in [5.74, 6) is 0.617. The Kier molecular flexibility index (Phi) is 4.85. The number of hydrogen-bond acceptors (Lipinski definition) is 3. The molecule has 1 saturated carbocycles. The van der Waals surface area contributed by atoms with E-state index >= 15 is 0 Å². The number of amides is 2. The largest absolute Gasteiger partial charge is 0.356 e. The van der Waals surface area contributed by atoms with Crippen LogP contribution in [0.2, 0.25) is 0 Å². The molecule has 2 aliphatic rings. The average molecular weight is 333 g/mol. The topological polar surface area (TPSA) is 61.4 Å². The monoisotopic (exact) mass is 333 g/mol. The van der Waals surface area contributed by atoms with Crippen LogP contribution in [0.5, 0.6) is 0 Å². The van der Waals surface area contributed by atoms with E-state index in [9.17, 15) is 14.0 Å². The molecular weight excluding hydrogens is 309 g/mol. The number of carbonyl (C=O) groups excluding carboxylic acids is 2. The summed E-state index contributed by atoms with van der Waals surface area (Å²) in [5, 5.41) is 5.67. The van der Waals surface area contributed by atoms with Gasteiger partial charge in [0, 0.05) is 24.7 Å². The molecule has 5 nitrogen and oxygen atoms in total. The maximum Gasteiger partial charge on any atom is 0.238 e. The lowest BCUT2D eigenvalue weighted by atomic mass is 9.89. The van der Waals surface area contributed by atoms with Crippen LogP contribution in [-0.2, 0) is 9.59 Å². The molecule has 2 fully saturated rings. The molecule has 0 bridgehead atoms. The molecular formula is C18H24FN3O2. The molecule has 3 rings (SSSR count). The van der Waals surface area contributed by atoms with Gasteiger partial charge in [0.15, 0.2) is 0 Å². The van der Waals surface area contributed by atoms with Gasteiger partial charge in [0.25, 0.3) is 0 Å². The van der Waals surface area contributed by atoms with Gasteiger partial charge in [-0.2, -0.15) is 0 Å². The molecule has 24 heavy (non-hydrogen) atoms.